The number of ether oxygens (including phenoxy) is 1. The lowest BCUT2D eigenvalue weighted by molar-refractivity contribution is 0.158. The third kappa shape index (κ3) is 3.93. The highest BCUT2D eigenvalue weighted by Crippen LogP contribution is 2.17. The minimum atomic E-state index is -0.279. The van der Waals surface area contributed by atoms with Gasteiger partial charge in [0.25, 0.3) is 0 Å². The highest BCUT2D eigenvalue weighted by molar-refractivity contribution is 9.10. The maximum atomic E-state index is 13.1. The summed E-state index contributed by atoms with van der Waals surface area (Å²) in [4.78, 5) is 13.6. The molecule has 0 bridgehead atoms. The van der Waals surface area contributed by atoms with Crippen molar-refractivity contribution in [1.82, 2.24) is 10.2 Å². The predicted molar refractivity (Wildman–Crippen MR) is 78.2 cm³/mol. The molecule has 1 fully saturated rings. The second kappa shape index (κ2) is 7.04. The van der Waals surface area contributed by atoms with Gasteiger partial charge in [-0.1, -0.05) is 6.07 Å². The van der Waals surface area contributed by atoms with Crippen molar-refractivity contribution < 1.29 is 13.9 Å². The van der Waals surface area contributed by atoms with Crippen LogP contribution in [0.5, 0.6) is 0 Å². The van der Waals surface area contributed by atoms with Crippen LogP contribution in [0.4, 0.5) is 9.18 Å². The number of benzene rings is 1. The Morgan fingerprint density at radius 1 is 1.60 bits per heavy atom. The van der Waals surface area contributed by atoms with Gasteiger partial charge in [0.1, 0.15) is 5.82 Å². The number of hydrogen-bond acceptors (Lipinski definition) is 2. The van der Waals surface area contributed by atoms with Crippen molar-refractivity contribution in [2.24, 2.45) is 0 Å². The summed E-state index contributed by atoms with van der Waals surface area (Å²) in [5.74, 6) is -0.279. The molecule has 1 saturated heterocycles. The van der Waals surface area contributed by atoms with Crippen molar-refractivity contribution >= 4 is 22.0 Å². The topological polar surface area (TPSA) is 41.6 Å². The van der Waals surface area contributed by atoms with E-state index in [1.807, 2.05) is 0 Å². The molecular weight excluding hydrogens is 327 g/mol. The Labute approximate surface area is 126 Å². The Hall–Kier alpha value is -1.14. The van der Waals surface area contributed by atoms with Crippen LogP contribution in [0.3, 0.4) is 0 Å². The maximum Gasteiger partial charge on any atom is 0.317 e. The fourth-order valence-corrected chi connectivity index (χ4v) is 2.55. The Morgan fingerprint density at radius 2 is 2.40 bits per heavy atom. The van der Waals surface area contributed by atoms with Gasteiger partial charge in [0.05, 0.1) is 17.1 Å². The summed E-state index contributed by atoms with van der Waals surface area (Å²) in [6.45, 7) is 1.84. The molecule has 0 aromatic heterocycles. The van der Waals surface area contributed by atoms with Crippen LogP contribution in [0.1, 0.15) is 12.0 Å². The third-order valence-corrected chi connectivity index (χ3v) is 4.06. The molecule has 1 unspecified atom stereocenters. The quantitative estimate of drug-likeness (QED) is 0.911. The average Bonchev–Trinajstić information content (AvgIpc) is 2.96. The number of hydrogen-bond donors (Lipinski definition) is 1. The molecule has 1 aromatic carbocycles. The first-order valence-electron chi connectivity index (χ1n) is 6.60. The number of nitrogens with zero attached hydrogens (tertiary/aromatic N) is 1. The number of rotatable bonds is 4. The van der Waals surface area contributed by atoms with Gasteiger partial charge in [-0.25, -0.2) is 9.18 Å². The van der Waals surface area contributed by atoms with Gasteiger partial charge in [0.15, 0.2) is 0 Å². The van der Waals surface area contributed by atoms with Gasteiger partial charge in [-0.3, -0.25) is 0 Å². The Morgan fingerprint density at radius 3 is 3.05 bits per heavy atom. The lowest BCUT2D eigenvalue weighted by Gasteiger charge is -2.23. The summed E-state index contributed by atoms with van der Waals surface area (Å²) < 4.78 is 18.8. The van der Waals surface area contributed by atoms with E-state index in [0.29, 0.717) is 30.7 Å². The average molecular weight is 345 g/mol. The van der Waals surface area contributed by atoms with Gasteiger partial charge in [0, 0.05) is 20.2 Å². The van der Waals surface area contributed by atoms with E-state index in [2.05, 4.69) is 21.2 Å². The molecule has 2 amide bonds. The van der Waals surface area contributed by atoms with E-state index in [9.17, 15) is 9.18 Å². The van der Waals surface area contributed by atoms with Crippen molar-refractivity contribution in [1.29, 1.82) is 0 Å². The van der Waals surface area contributed by atoms with E-state index in [4.69, 9.17) is 4.74 Å². The normalized spacial score (nSPS) is 18.1. The van der Waals surface area contributed by atoms with Crippen LogP contribution in [0.2, 0.25) is 0 Å². The largest absolute Gasteiger partial charge is 0.379 e. The summed E-state index contributed by atoms with van der Waals surface area (Å²) in [5, 5.41) is 2.86. The van der Waals surface area contributed by atoms with Crippen LogP contribution in [0.15, 0.2) is 22.7 Å². The molecule has 0 aliphatic carbocycles. The highest BCUT2D eigenvalue weighted by Gasteiger charge is 2.23. The number of nitrogens with one attached hydrogen (secondary N) is 1. The Balaban J connectivity index is 1.77. The molecule has 6 heteroatoms. The Bertz CT molecular complexity index is 478. The van der Waals surface area contributed by atoms with Crippen LogP contribution in [-0.4, -0.2) is 43.8 Å². The number of urea groups is 1. The summed E-state index contributed by atoms with van der Waals surface area (Å²) in [6.07, 6.45) is 1.55. The highest BCUT2D eigenvalue weighted by atomic mass is 79.9. The summed E-state index contributed by atoms with van der Waals surface area (Å²) in [5.41, 5.74) is 0.977. The molecule has 1 heterocycles. The Kier molecular flexibility index (Phi) is 5.37. The smallest absolute Gasteiger partial charge is 0.317 e. The fourth-order valence-electron chi connectivity index (χ4n) is 2.13. The van der Waals surface area contributed by atoms with E-state index >= 15 is 0 Å². The summed E-state index contributed by atoms with van der Waals surface area (Å²) >= 11 is 3.15. The zero-order valence-corrected chi connectivity index (χ0v) is 13.0. The monoisotopic (exact) mass is 344 g/mol. The molecule has 1 atom stereocenters. The summed E-state index contributed by atoms with van der Waals surface area (Å²) in [7, 11) is 1.78. The number of amides is 2. The summed E-state index contributed by atoms with van der Waals surface area (Å²) in [6, 6.07) is 4.94. The van der Waals surface area contributed by atoms with E-state index in [0.717, 1.165) is 12.0 Å². The van der Waals surface area contributed by atoms with Crippen LogP contribution in [0, 0.1) is 5.82 Å². The SMILES string of the molecule is CN(C(=O)NCCc1ccc(F)c(Br)c1)C1CCOC1. The standard InChI is InChI=1S/C14H18BrFN2O2/c1-18(11-5-7-20-9-11)14(19)17-6-4-10-2-3-13(16)12(15)8-10/h2-3,8,11H,4-7,9H2,1H3,(H,17,19). The number of carbonyl (C=O) groups excluding carboxylic acids is 1. The van der Waals surface area contributed by atoms with Gasteiger partial charge in [-0.2, -0.15) is 0 Å². The fraction of sp³-hybridized carbons (Fsp3) is 0.500. The molecule has 20 heavy (non-hydrogen) atoms. The van der Waals surface area contributed by atoms with Gasteiger partial charge < -0.3 is 15.0 Å². The van der Waals surface area contributed by atoms with Crippen molar-refractivity contribution in [2.75, 3.05) is 26.8 Å². The lowest BCUT2D eigenvalue weighted by Crippen LogP contribution is -2.44. The third-order valence-electron chi connectivity index (χ3n) is 3.45. The minimum absolute atomic E-state index is 0.0957. The second-order valence-corrected chi connectivity index (χ2v) is 5.71. The minimum Gasteiger partial charge on any atom is -0.379 e. The molecule has 0 radical (unpaired) electrons. The van der Waals surface area contributed by atoms with Gasteiger partial charge >= 0.3 is 6.03 Å². The molecule has 0 spiro atoms. The van der Waals surface area contributed by atoms with E-state index in [-0.39, 0.29) is 17.9 Å². The number of halogens is 2. The van der Waals surface area contributed by atoms with E-state index < -0.39 is 0 Å². The van der Waals surface area contributed by atoms with Gasteiger partial charge in [-0.05, 0) is 46.5 Å². The molecule has 0 saturated carbocycles. The van der Waals surface area contributed by atoms with Crippen molar-refractivity contribution in [3.05, 3.63) is 34.1 Å². The molecule has 110 valence electrons. The molecule has 2 rings (SSSR count). The lowest BCUT2D eigenvalue weighted by atomic mass is 10.1. The van der Waals surface area contributed by atoms with Crippen LogP contribution in [-0.2, 0) is 11.2 Å². The predicted octanol–water partition coefficient (Wildman–Crippen LogP) is 2.56. The number of carbonyl (C=O) groups is 1. The van der Waals surface area contributed by atoms with Gasteiger partial charge in [0.2, 0.25) is 0 Å². The van der Waals surface area contributed by atoms with Crippen LogP contribution >= 0.6 is 15.9 Å². The van der Waals surface area contributed by atoms with Gasteiger partial charge in [-0.15, -0.1) is 0 Å². The second-order valence-electron chi connectivity index (χ2n) is 4.86. The van der Waals surface area contributed by atoms with Crippen LogP contribution < -0.4 is 5.32 Å². The zero-order valence-electron chi connectivity index (χ0n) is 11.4. The van der Waals surface area contributed by atoms with Crippen LogP contribution in [0.25, 0.3) is 0 Å². The molecular formula is C14H18BrFN2O2. The molecule has 4 nitrogen and oxygen atoms in total. The molecule has 1 aromatic rings. The first kappa shape index (κ1) is 15.3. The zero-order chi connectivity index (χ0) is 14.5. The van der Waals surface area contributed by atoms with E-state index in [1.165, 1.54) is 6.07 Å². The van der Waals surface area contributed by atoms with Crippen molar-refractivity contribution in [2.45, 2.75) is 18.9 Å². The number of likely N-dealkylation sites (N-methyl/N-ethyl adjacent to an activating group) is 1. The first-order valence-corrected chi connectivity index (χ1v) is 7.39. The van der Waals surface area contributed by atoms with Crippen molar-refractivity contribution in [3.8, 4) is 0 Å². The molecule has 1 N–H and O–H groups in total. The van der Waals surface area contributed by atoms with E-state index in [1.54, 1.807) is 24.1 Å². The maximum absolute atomic E-state index is 13.1. The molecule has 1 aliphatic heterocycles. The first-order chi connectivity index (χ1) is 9.58. The molecule has 1 aliphatic rings. The van der Waals surface area contributed by atoms with Crippen molar-refractivity contribution in [3.63, 3.8) is 0 Å².